The Morgan fingerprint density at radius 1 is 1.33 bits per heavy atom. The van der Waals surface area contributed by atoms with Gasteiger partial charge in [-0.2, -0.15) is 0 Å². The molecule has 0 bridgehead atoms. The van der Waals surface area contributed by atoms with Gasteiger partial charge in [-0.05, 0) is 31.6 Å². The fourth-order valence-electron chi connectivity index (χ4n) is 2.13. The first-order valence-electron chi connectivity index (χ1n) is 4.80. The van der Waals surface area contributed by atoms with Crippen molar-refractivity contribution >= 4 is 0 Å². The third kappa shape index (κ3) is 3.11. The Morgan fingerprint density at radius 2 is 2.00 bits per heavy atom. The predicted molar refractivity (Wildman–Crippen MR) is 49.0 cm³/mol. The van der Waals surface area contributed by atoms with Gasteiger partial charge in [-0.3, -0.25) is 0 Å². The molecule has 0 aromatic carbocycles. The van der Waals surface area contributed by atoms with Gasteiger partial charge in [0, 0.05) is 6.61 Å². The smallest absolute Gasteiger partial charge is 0.0854 e. The van der Waals surface area contributed by atoms with Crippen molar-refractivity contribution in [2.45, 2.75) is 39.2 Å². The summed E-state index contributed by atoms with van der Waals surface area (Å²) < 4.78 is 5.40. The molecule has 3 atom stereocenters. The van der Waals surface area contributed by atoms with E-state index in [2.05, 4.69) is 13.8 Å². The molecule has 1 fully saturated rings. The van der Waals surface area contributed by atoms with Crippen LogP contribution in [0.1, 0.15) is 33.6 Å². The van der Waals surface area contributed by atoms with Gasteiger partial charge in [-0.15, -0.1) is 0 Å². The van der Waals surface area contributed by atoms with E-state index in [0.717, 1.165) is 19.4 Å². The summed E-state index contributed by atoms with van der Waals surface area (Å²) in [6.45, 7) is 7.55. The van der Waals surface area contributed by atoms with Crippen LogP contribution in [0.4, 0.5) is 0 Å². The van der Waals surface area contributed by atoms with Crippen LogP contribution < -0.4 is 0 Å². The van der Waals surface area contributed by atoms with Crippen molar-refractivity contribution in [3.8, 4) is 0 Å². The molecule has 0 aromatic heterocycles. The van der Waals surface area contributed by atoms with Crippen LogP contribution >= 0.6 is 0 Å². The van der Waals surface area contributed by atoms with E-state index in [9.17, 15) is 5.11 Å². The first kappa shape index (κ1) is 10.0. The van der Waals surface area contributed by atoms with Gasteiger partial charge in [0.15, 0.2) is 0 Å². The van der Waals surface area contributed by atoms with Gasteiger partial charge in [0.2, 0.25) is 0 Å². The van der Waals surface area contributed by atoms with Crippen LogP contribution in [0.3, 0.4) is 0 Å². The third-order valence-corrected chi connectivity index (χ3v) is 2.41. The number of ether oxygens (including phenoxy) is 1. The Bertz CT molecular complexity index is 143. The lowest BCUT2D eigenvalue weighted by Gasteiger charge is -2.31. The maximum atomic E-state index is 9.81. The molecule has 0 aromatic rings. The average Bonchev–Trinajstić information content (AvgIpc) is 1.81. The highest BCUT2D eigenvalue weighted by Crippen LogP contribution is 2.25. The normalized spacial score (nSPS) is 45.0. The molecule has 1 heterocycles. The predicted octanol–water partition coefficient (Wildman–Crippen LogP) is 1.82. The first-order valence-corrected chi connectivity index (χ1v) is 4.80. The minimum absolute atomic E-state index is 0.488. The summed E-state index contributed by atoms with van der Waals surface area (Å²) in [5.74, 6) is 1.25. The van der Waals surface area contributed by atoms with E-state index in [1.165, 1.54) is 0 Å². The summed E-state index contributed by atoms with van der Waals surface area (Å²) in [6.07, 6.45) is 2.02. The molecule has 3 unspecified atom stereocenters. The summed E-state index contributed by atoms with van der Waals surface area (Å²) in [5, 5.41) is 9.81. The first-order chi connectivity index (χ1) is 5.49. The van der Waals surface area contributed by atoms with E-state index in [0.29, 0.717) is 18.4 Å². The highest BCUT2D eigenvalue weighted by Gasteiger charge is 2.27. The van der Waals surface area contributed by atoms with Gasteiger partial charge < -0.3 is 9.84 Å². The van der Waals surface area contributed by atoms with Crippen LogP contribution in [0.25, 0.3) is 0 Å². The Hall–Kier alpha value is -0.0800. The molecule has 2 nitrogen and oxygen atoms in total. The molecule has 72 valence electrons. The minimum atomic E-state index is -0.612. The lowest BCUT2D eigenvalue weighted by molar-refractivity contribution is -0.0693. The molecule has 0 amide bonds. The Morgan fingerprint density at radius 3 is 2.67 bits per heavy atom. The van der Waals surface area contributed by atoms with Crippen molar-refractivity contribution in [2.75, 3.05) is 13.2 Å². The van der Waals surface area contributed by atoms with E-state index >= 15 is 0 Å². The molecule has 1 aliphatic rings. The minimum Gasteiger partial charge on any atom is -0.388 e. The van der Waals surface area contributed by atoms with E-state index < -0.39 is 5.60 Å². The zero-order chi connectivity index (χ0) is 9.19. The van der Waals surface area contributed by atoms with Gasteiger partial charge in [-0.25, -0.2) is 0 Å². The maximum Gasteiger partial charge on any atom is 0.0854 e. The molecule has 1 aliphatic heterocycles. The second-order valence-corrected chi connectivity index (χ2v) is 4.66. The molecule has 0 radical (unpaired) electrons. The highest BCUT2D eigenvalue weighted by atomic mass is 16.5. The monoisotopic (exact) mass is 172 g/mol. The van der Waals surface area contributed by atoms with Crippen molar-refractivity contribution in [2.24, 2.45) is 11.8 Å². The van der Waals surface area contributed by atoms with Crippen molar-refractivity contribution in [3.05, 3.63) is 0 Å². The van der Waals surface area contributed by atoms with Crippen LogP contribution in [0, 0.1) is 11.8 Å². The topological polar surface area (TPSA) is 29.5 Å². The zero-order valence-corrected chi connectivity index (χ0v) is 8.34. The molecule has 1 saturated heterocycles. The van der Waals surface area contributed by atoms with E-state index in [1.54, 1.807) is 0 Å². The molecule has 0 spiro atoms. The fourth-order valence-corrected chi connectivity index (χ4v) is 2.13. The second-order valence-electron chi connectivity index (χ2n) is 4.66. The molecule has 12 heavy (non-hydrogen) atoms. The number of rotatable bonds is 0. The summed E-state index contributed by atoms with van der Waals surface area (Å²) in [4.78, 5) is 0. The molecule has 1 N–H and O–H groups in total. The van der Waals surface area contributed by atoms with Crippen molar-refractivity contribution in [1.29, 1.82) is 0 Å². The van der Waals surface area contributed by atoms with Crippen LogP contribution in [-0.4, -0.2) is 23.9 Å². The van der Waals surface area contributed by atoms with Crippen molar-refractivity contribution < 1.29 is 9.84 Å². The Balaban J connectivity index is 2.48. The van der Waals surface area contributed by atoms with Crippen LogP contribution in [0.5, 0.6) is 0 Å². The van der Waals surface area contributed by atoms with Crippen LogP contribution in [0.2, 0.25) is 0 Å². The largest absolute Gasteiger partial charge is 0.388 e. The van der Waals surface area contributed by atoms with E-state index in [1.807, 2.05) is 6.92 Å². The third-order valence-electron chi connectivity index (χ3n) is 2.41. The van der Waals surface area contributed by atoms with E-state index in [-0.39, 0.29) is 0 Å². The molecule has 2 heteroatoms. The van der Waals surface area contributed by atoms with Gasteiger partial charge in [-0.1, -0.05) is 13.8 Å². The number of hydrogen-bond donors (Lipinski definition) is 1. The molecule has 1 rings (SSSR count). The SMILES string of the molecule is CC1COCC(C)(O)CC(C)C1. The second kappa shape index (κ2) is 3.75. The molecule has 0 saturated carbocycles. The maximum absolute atomic E-state index is 9.81. The summed E-state index contributed by atoms with van der Waals surface area (Å²) in [7, 11) is 0. The summed E-state index contributed by atoms with van der Waals surface area (Å²) in [5.41, 5.74) is -0.612. The highest BCUT2D eigenvalue weighted by molar-refractivity contribution is 4.77. The molecular formula is C10H20O2. The Labute approximate surface area is 74.9 Å². The van der Waals surface area contributed by atoms with Gasteiger partial charge in [0.25, 0.3) is 0 Å². The van der Waals surface area contributed by atoms with Gasteiger partial charge in [0.05, 0.1) is 12.2 Å². The van der Waals surface area contributed by atoms with Gasteiger partial charge in [0.1, 0.15) is 0 Å². The Kier molecular flexibility index (Phi) is 3.13. The number of aliphatic hydroxyl groups is 1. The standard InChI is InChI=1S/C10H20O2/c1-8-4-9(2)6-12-7-10(3,11)5-8/h8-9,11H,4-7H2,1-3H3. The van der Waals surface area contributed by atoms with Gasteiger partial charge >= 0.3 is 0 Å². The number of hydrogen-bond acceptors (Lipinski definition) is 2. The quantitative estimate of drug-likeness (QED) is 0.604. The lowest BCUT2D eigenvalue weighted by atomic mass is 9.86. The fraction of sp³-hybridized carbons (Fsp3) is 1.00. The average molecular weight is 172 g/mol. The summed E-state index contributed by atoms with van der Waals surface area (Å²) >= 11 is 0. The van der Waals surface area contributed by atoms with Crippen molar-refractivity contribution in [1.82, 2.24) is 0 Å². The van der Waals surface area contributed by atoms with Crippen molar-refractivity contribution in [3.63, 3.8) is 0 Å². The van der Waals surface area contributed by atoms with Crippen LogP contribution in [-0.2, 0) is 4.74 Å². The zero-order valence-electron chi connectivity index (χ0n) is 8.34. The van der Waals surface area contributed by atoms with Crippen LogP contribution in [0.15, 0.2) is 0 Å². The lowest BCUT2D eigenvalue weighted by Crippen LogP contribution is -2.36. The van der Waals surface area contributed by atoms with E-state index in [4.69, 9.17) is 4.74 Å². The summed E-state index contributed by atoms with van der Waals surface area (Å²) in [6, 6.07) is 0. The molecular weight excluding hydrogens is 152 g/mol. The molecule has 0 aliphatic carbocycles.